The minimum atomic E-state index is -0.0428. The zero-order valence-electron chi connectivity index (χ0n) is 11.6. The van der Waals surface area contributed by atoms with Crippen LogP contribution in [0.3, 0.4) is 0 Å². The molecular weight excluding hydrogens is 254 g/mol. The molecule has 1 aromatic carbocycles. The minimum absolute atomic E-state index is 0.0428. The van der Waals surface area contributed by atoms with Crippen molar-refractivity contribution >= 4 is 5.70 Å². The smallest absolute Gasteiger partial charge is 0.157 e. The van der Waals surface area contributed by atoms with Crippen LogP contribution in [0, 0.1) is 0 Å². The van der Waals surface area contributed by atoms with E-state index in [0.29, 0.717) is 13.2 Å². The second-order valence-electron chi connectivity index (χ2n) is 5.10. The summed E-state index contributed by atoms with van der Waals surface area (Å²) >= 11 is 0. The lowest BCUT2D eigenvalue weighted by atomic mass is 10.1. The molecule has 1 aliphatic carbocycles. The maximum Gasteiger partial charge on any atom is 0.157 e. The number of nitrogens with one attached hydrogen (secondary N) is 1. The molecule has 0 radical (unpaired) electrons. The Balaban J connectivity index is 1.34. The number of hydrogen-bond acceptors (Lipinski definition) is 4. The Kier molecular flexibility index (Phi) is 4.69. The Labute approximate surface area is 119 Å². The molecule has 1 N–H and O–H groups in total. The van der Waals surface area contributed by atoms with Crippen molar-refractivity contribution in [3.63, 3.8) is 0 Å². The normalized spacial score (nSPS) is 21.4. The van der Waals surface area contributed by atoms with Gasteiger partial charge < -0.3 is 9.47 Å². The van der Waals surface area contributed by atoms with Gasteiger partial charge in [0.05, 0.1) is 18.9 Å². The fourth-order valence-electron chi connectivity index (χ4n) is 2.57. The van der Waals surface area contributed by atoms with Gasteiger partial charge in [0, 0.05) is 12.2 Å². The zero-order chi connectivity index (χ0) is 13.6. The second kappa shape index (κ2) is 6.88. The fraction of sp³-hybridized carbons (Fsp3) is 0.500. The van der Waals surface area contributed by atoms with Crippen LogP contribution < -0.4 is 5.48 Å². The van der Waals surface area contributed by atoms with Crippen molar-refractivity contribution in [1.82, 2.24) is 5.48 Å². The summed E-state index contributed by atoms with van der Waals surface area (Å²) in [6, 6.07) is 8.36. The molecule has 0 amide bonds. The lowest BCUT2D eigenvalue weighted by Gasteiger charge is -2.22. The molecule has 1 aromatic rings. The van der Waals surface area contributed by atoms with Crippen LogP contribution in [-0.4, -0.2) is 26.1 Å². The summed E-state index contributed by atoms with van der Waals surface area (Å²) in [5.41, 5.74) is 6.63. The summed E-state index contributed by atoms with van der Waals surface area (Å²) in [6.45, 7) is 1.87. The van der Waals surface area contributed by atoms with Crippen LogP contribution >= 0.6 is 0 Å². The average Bonchev–Trinajstić information content (AvgIpc) is 2.91. The van der Waals surface area contributed by atoms with E-state index in [9.17, 15) is 0 Å². The highest BCUT2D eigenvalue weighted by molar-refractivity contribution is 5.70. The first kappa shape index (κ1) is 13.6. The van der Waals surface area contributed by atoms with Gasteiger partial charge in [0.25, 0.3) is 0 Å². The lowest BCUT2D eigenvalue weighted by Crippen LogP contribution is -2.25. The van der Waals surface area contributed by atoms with Gasteiger partial charge in [0.15, 0.2) is 6.29 Å². The second-order valence-corrected chi connectivity index (χ2v) is 5.10. The molecule has 1 fully saturated rings. The largest absolute Gasteiger partial charge is 0.353 e. The summed E-state index contributed by atoms with van der Waals surface area (Å²) in [7, 11) is 0. The highest BCUT2D eigenvalue weighted by atomic mass is 16.7. The number of allylic oxidation sites excluding steroid dienone is 1. The van der Waals surface area contributed by atoms with E-state index < -0.39 is 0 Å². The highest BCUT2D eigenvalue weighted by Crippen LogP contribution is 2.24. The standard InChI is InChI=1S/C16H21NO3/c1-2-6-14-13(5-1)8-9-15(14)17-20-12-11-19-16-7-3-4-10-18-16/h1-2,5-6,9,16-17H,3-4,7-8,10-12H2. The number of hydrogen-bond donors (Lipinski definition) is 1. The fourth-order valence-corrected chi connectivity index (χ4v) is 2.57. The topological polar surface area (TPSA) is 39.7 Å². The van der Waals surface area contributed by atoms with Gasteiger partial charge in [-0.1, -0.05) is 30.3 Å². The molecule has 1 saturated heterocycles. The van der Waals surface area contributed by atoms with Gasteiger partial charge >= 0.3 is 0 Å². The Morgan fingerprint density at radius 2 is 2.15 bits per heavy atom. The minimum Gasteiger partial charge on any atom is -0.353 e. The number of benzene rings is 1. The van der Waals surface area contributed by atoms with E-state index in [-0.39, 0.29) is 6.29 Å². The van der Waals surface area contributed by atoms with Gasteiger partial charge in [0.2, 0.25) is 0 Å². The van der Waals surface area contributed by atoms with Crippen LogP contribution in [0.25, 0.3) is 5.70 Å². The monoisotopic (exact) mass is 275 g/mol. The van der Waals surface area contributed by atoms with Crippen LogP contribution in [0.5, 0.6) is 0 Å². The summed E-state index contributed by atoms with van der Waals surface area (Å²) in [6.07, 6.45) is 6.40. The van der Waals surface area contributed by atoms with Crippen LogP contribution in [0.1, 0.15) is 30.4 Å². The Hall–Kier alpha value is -1.36. The van der Waals surface area contributed by atoms with Crippen molar-refractivity contribution in [1.29, 1.82) is 0 Å². The molecule has 4 nitrogen and oxygen atoms in total. The van der Waals surface area contributed by atoms with Crippen molar-refractivity contribution in [3.8, 4) is 0 Å². The highest BCUT2D eigenvalue weighted by Gasteiger charge is 2.14. The van der Waals surface area contributed by atoms with Crippen molar-refractivity contribution in [2.45, 2.75) is 32.0 Å². The van der Waals surface area contributed by atoms with Crippen LogP contribution in [-0.2, 0) is 20.7 Å². The quantitative estimate of drug-likeness (QED) is 0.640. The van der Waals surface area contributed by atoms with Crippen molar-refractivity contribution in [2.75, 3.05) is 19.8 Å². The summed E-state index contributed by atoms with van der Waals surface area (Å²) in [5.74, 6) is 0. The first-order valence-electron chi connectivity index (χ1n) is 7.33. The summed E-state index contributed by atoms with van der Waals surface area (Å²) in [5, 5.41) is 0. The Bertz CT molecular complexity index is 467. The van der Waals surface area contributed by atoms with E-state index in [1.807, 2.05) is 6.07 Å². The maximum atomic E-state index is 5.61. The van der Waals surface area contributed by atoms with Gasteiger partial charge in [-0.05, 0) is 31.2 Å². The third kappa shape index (κ3) is 3.39. The first-order chi connectivity index (χ1) is 9.93. The molecule has 0 saturated carbocycles. The average molecular weight is 275 g/mol. The van der Waals surface area contributed by atoms with Crippen LogP contribution in [0.2, 0.25) is 0 Å². The van der Waals surface area contributed by atoms with Gasteiger partial charge in [-0.3, -0.25) is 10.3 Å². The first-order valence-corrected chi connectivity index (χ1v) is 7.33. The van der Waals surface area contributed by atoms with Crippen molar-refractivity contribution in [2.24, 2.45) is 0 Å². The molecule has 1 heterocycles. The van der Waals surface area contributed by atoms with Gasteiger partial charge in [0.1, 0.15) is 0 Å². The number of hydroxylamine groups is 1. The van der Waals surface area contributed by atoms with E-state index in [1.54, 1.807) is 0 Å². The Morgan fingerprint density at radius 3 is 3.05 bits per heavy atom. The number of ether oxygens (including phenoxy) is 2. The summed E-state index contributed by atoms with van der Waals surface area (Å²) < 4.78 is 11.1. The summed E-state index contributed by atoms with van der Waals surface area (Å²) in [4.78, 5) is 5.47. The molecule has 108 valence electrons. The molecule has 4 heteroatoms. The van der Waals surface area contributed by atoms with Crippen LogP contribution in [0.15, 0.2) is 30.3 Å². The van der Waals surface area contributed by atoms with Crippen molar-refractivity contribution in [3.05, 3.63) is 41.5 Å². The molecule has 1 aliphatic heterocycles. The molecule has 0 spiro atoms. The molecular formula is C16H21NO3. The third-order valence-corrected chi connectivity index (χ3v) is 3.64. The zero-order valence-corrected chi connectivity index (χ0v) is 11.6. The van der Waals surface area contributed by atoms with E-state index >= 15 is 0 Å². The van der Waals surface area contributed by atoms with Gasteiger partial charge in [-0.2, -0.15) is 0 Å². The van der Waals surface area contributed by atoms with E-state index in [4.69, 9.17) is 14.3 Å². The van der Waals surface area contributed by atoms with Crippen molar-refractivity contribution < 1.29 is 14.3 Å². The van der Waals surface area contributed by atoms with Crippen LogP contribution in [0.4, 0.5) is 0 Å². The maximum absolute atomic E-state index is 5.61. The molecule has 0 bridgehead atoms. The molecule has 3 rings (SSSR count). The van der Waals surface area contributed by atoms with Gasteiger partial charge in [-0.25, -0.2) is 0 Å². The third-order valence-electron chi connectivity index (χ3n) is 3.64. The lowest BCUT2D eigenvalue weighted by molar-refractivity contribution is -0.171. The molecule has 1 unspecified atom stereocenters. The molecule has 20 heavy (non-hydrogen) atoms. The SMILES string of the molecule is C1=C(NOCCOC2CCCCO2)c2ccccc2C1. The Morgan fingerprint density at radius 1 is 1.20 bits per heavy atom. The van der Waals surface area contributed by atoms with E-state index in [1.165, 1.54) is 17.5 Å². The van der Waals surface area contributed by atoms with E-state index in [0.717, 1.165) is 31.6 Å². The predicted molar refractivity (Wildman–Crippen MR) is 76.8 cm³/mol. The number of fused-ring (bicyclic) bond motifs is 1. The molecule has 0 aromatic heterocycles. The predicted octanol–water partition coefficient (Wildman–Crippen LogP) is 2.65. The molecule has 2 aliphatic rings. The molecule has 1 atom stereocenters. The van der Waals surface area contributed by atoms with Gasteiger partial charge in [-0.15, -0.1) is 0 Å². The number of rotatable bonds is 6. The van der Waals surface area contributed by atoms with E-state index in [2.05, 4.69) is 29.8 Å².